The topological polar surface area (TPSA) is 57.5 Å². The molecule has 1 unspecified atom stereocenters. The van der Waals surface area contributed by atoms with Gasteiger partial charge in [0.2, 0.25) is 0 Å². The average Bonchev–Trinajstić information content (AvgIpc) is 2.55. The van der Waals surface area contributed by atoms with Crippen molar-refractivity contribution >= 4 is 5.97 Å². The van der Waals surface area contributed by atoms with Gasteiger partial charge in [0, 0.05) is 6.42 Å². The van der Waals surface area contributed by atoms with Gasteiger partial charge in [-0.2, -0.15) is 0 Å². The summed E-state index contributed by atoms with van der Waals surface area (Å²) in [5, 5.41) is 18.5. The quantitative estimate of drug-likeness (QED) is 0.264. The van der Waals surface area contributed by atoms with Crippen LogP contribution in [-0.4, -0.2) is 22.3 Å². The van der Waals surface area contributed by atoms with Crippen molar-refractivity contribution in [2.45, 2.75) is 129 Å². The molecule has 2 N–H and O–H groups in total. The molecule has 24 heavy (non-hydrogen) atoms. The van der Waals surface area contributed by atoms with Crippen LogP contribution in [0.1, 0.15) is 122 Å². The smallest absolute Gasteiger partial charge is 0.303 e. The Balaban J connectivity index is 3.10. The molecule has 0 amide bonds. The molecule has 0 aliphatic carbocycles. The zero-order valence-corrected chi connectivity index (χ0v) is 16.1. The number of unbranched alkanes of at least 4 members (excludes halogenated alkanes) is 13. The SMILES string of the molecule is CCCCCCC(O)CCCCCCCCCCCCCC(=O)O. The molecule has 0 heterocycles. The monoisotopic (exact) mass is 342 g/mol. The molecular weight excluding hydrogens is 300 g/mol. The molecule has 0 rings (SSSR count). The summed E-state index contributed by atoms with van der Waals surface area (Å²) < 4.78 is 0. The van der Waals surface area contributed by atoms with Crippen molar-refractivity contribution in [2.75, 3.05) is 0 Å². The van der Waals surface area contributed by atoms with Crippen LogP contribution < -0.4 is 0 Å². The fraction of sp³-hybridized carbons (Fsp3) is 0.952. The van der Waals surface area contributed by atoms with Gasteiger partial charge in [0.1, 0.15) is 0 Å². The number of aliphatic carboxylic acids is 1. The number of carboxylic acids is 1. The summed E-state index contributed by atoms with van der Waals surface area (Å²) in [6.45, 7) is 2.22. The second kappa shape index (κ2) is 18.8. The van der Waals surface area contributed by atoms with Crippen LogP contribution in [0.4, 0.5) is 0 Å². The molecule has 144 valence electrons. The molecule has 0 aliphatic heterocycles. The lowest BCUT2D eigenvalue weighted by molar-refractivity contribution is -0.137. The van der Waals surface area contributed by atoms with Crippen LogP contribution in [0, 0.1) is 0 Å². The summed E-state index contributed by atoms with van der Waals surface area (Å²) in [7, 11) is 0. The van der Waals surface area contributed by atoms with Gasteiger partial charge in [0.15, 0.2) is 0 Å². The standard InChI is InChI=1S/C21H42O3/c1-2-3-4-14-17-20(22)18-15-12-10-8-6-5-7-9-11-13-16-19-21(23)24/h20,22H,2-19H2,1H3,(H,23,24). The van der Waals surface area contributed by atoms with E-state index in [1.807, 2.05) is 0 Å². The van der Waals surface area contributed by atoms with Gasteiger partial charge in [-0.3, -0.25) is 4.79 Å². The predicted molar refractivity (Wildman–Crippen MR) is 102 cm³/mol. The number of hydrogen-bond acceptors (Lipinski definition) is 2. The van der Waals surface area contributed by atoms with E-state index in [9.17, 15) is 9.90 Å². The molecule has 0 aromatic heterocycles. The molecule has 3 heteroatoms. The molecule has 0 spiro atoms. The molecular formula is C21H42O3. The number of rotatable bonds is 19. The third-order valence-corrected chi connectivity index (χ3v) is 4.82. The maximum absolute atomic E-state index is 10.4. The van der Waals surface area contributed by atoms with Crippen molar-refractivity contribution in [3.8, 4) is 0 Å². The Morgan fingerprint density at radius 2 is 1.04 bits per heavy atom. The van der Waals surface area contributed by atoms with Gasteiger partial charge in [-0.05, 0) is 19.3 Å². The van der Waals surface area contributed by atoms with Crippen molar-refractivity contribution < 1.29 is 15.0 Å². The van der Waals surface area contributed by atoms with Crippen LogP contribution in [0.3, 0.4) is 0 Å². The summed E-state index contributed by atoms with van der Waals surface area (Å²) in [5.41, 5.74) is 0. The van der Waals surface area contributed by atoms with E-state index >= 15 is 0 Å². The third-order valence-electron chi connectivity index (χ3n) is 4.82. The van der Waals surface area contributed by atoms with E-state index in [1.165, 1.54) is 83.5 Å². The molecule has 0 bridgehead atoms. The molecule has 1 atom stereocenters. The molecule has 0 aliphatic rings. The lowest BCUT2D eigenvalue weighted by Gasteiger charge is -2.10. The molecule has 0 radical (unpaired) electrons. The lowest BCUT2D eigenvalue weighted by Crippen LogP contribution is -2.05. The zero-order chi connectivity index (χ0) is 17.9. The normalized spacial score (nSPS) is 12.4. The summed E-state index contributed by atoms with van der Waals surface area (Å²) in [6, 6.07) is 0. The van der Waals surface area contributed by atoms with E-state index in [-0.39, 0.29) is 6.10 Å². The summed E-state index contributed by atoms with van der Waals surface area (Å²) >= 11 is 0. The van der Waals surface area contributed by atoms with E-state index in [2.05, 4.69) is 6.92 Å². The fourth-order valence-electron chi connectivity index (χ4n) is 3.20. The first-order valence-corrected chi connectivity index (χ1v) is 10.6. The number of carbonyl (C=O) groups is 1. The van der Waals surface area contributed by atoms with Crippen LogP contribution in [0.5, 0.6) is 0 Å². The Morgan fingerprint density at radius 3 is 1.46 bits per heavy atom. The van der Waals surface area contributed by atoms with E-state index in [1.54, 1.807) is 0 Å². The minimum atomic E-state index is -0.668. The van der Waals surface area contributed by atoms with Gasteiger partial charge in [-0.1, -0.05) is 96.8 Å². The Kier molecular flexibility index (Phi) is 18.3. The first-order valence-electron chi connectivity index (χ1n) is 10.6. The van der Waals surface area contributed by atoms with Gasteiger partial charge in [-0.15, -0.1) is 0 Å². The first-order chi connectivity index (χ1) is 11.7. The highest BCUT2D eigenvalue weighted by molar-refractivity contribution is 5.66. The second-order valence-electron chi connectivity index (χ2n) is 7.32. The minimum absolute atomic E-state index is 0.0667. The van der Waals surface area contributed by atoms with Crippen LogP contribution in [-0.2, 0) is 4.79 Å². The van der Waals surface area contributed by atoms with Crippen molar-refractivity contribution in [3.05, 3.63) is 0 Å². The van der Waals surface area contributed by atoms with Gasteiger partial charge in [0.25, 0.3) is 0 Å². The van der Waals surface area contributed by atoms with E-state index < -0.39 is 5.97 Å². The van der Waals surface area contributed by atoms with Gasteiger partial charge in [-0.25, -0.2) is 0 Å². The number of aliphatic hydroxyl groups is 1. The first kappa shape index (κ1) is 23.4. The van der Waals surface area contributed by atoms with E-state index in [4.69, 9.17) is 5.11 Å². The summed E-state index contributed by atoms with van der Waals surface area (Å²) in [5.74, 6) is -0.668. The average molecular weight is 343 g/mol. The second-order valence-corrected chi connectivity index (χ2v) is 7.32. The molecule has 0 saturated carbocycles. The summed E-state index contributed by atoms with van der Waals surface area (Å²) in [6.07, 6.45) is 20.6. The Labute approximate surface area is 150 Å². The van der Waals surface area contributed by atoms with Crippen LogP contribution in [0.15, 0.2) is 0 Å². The van der Waals surface area contributed by atoms with Crippen LogP contribution in [0.25, 0.3) is 0 Å². The van der Waals surface area contributed by atoms with E-state index in [0.717, 1.165) is 25.7 Å². The predicted octanol–water partition coefficient (Wildman–Crippen LogP) is 6.47. The number of hydrogen-bond donors (Lipinski definition) is 2. The third kappa shape index (κ3) is 19.5. The number of aliphatic hydroxyl groups excluding tert-OH is 1. The van der Waals surface area contributed by atoms with Gasteiger partial charge in [0.05, 0.1) is 6.10 Å². The highest BCUT2D eigenvalue weighted by Crippen LogP contribution is 2.14. The molecule has 3 nitrogen and oxygen atoms in total. The Morgan fingerprint density at radius 1 is 0.667 bits per heavy atom. The molecule has 0 fully saturated rings. The Bertz CT molecular complexity index is 266. The maximum Gasteiger partial charge on any atom is 0.303 e. The maximum atomic E-state index is 10.4. The van der Waals surface area contributed by atoms with Crippen LogP contribution >= 0.6 is 0 Å². The van der Waals surface area contributed by atoms with Crippen molar-refractivity contribution in [1.29, 1.82) is 0 Å². The largest absolute Gasteiger partial charge is 0.481 e. The highest BCUT2D eigenvalue weighted by Gasteiger charge is 2.03. The summed E-state index contributed by atoms with van der Waals surface area (Å²) in [4.78, 5) is 10.4. The van der Waals surface area contributed by atoms with Crippen LogP contribution in [0.2, 0.25) is 0 Å². The zero-order valence-electron chi connectivity index (χ0n) is 16.1. The number of carboxylic acid groups (broad SMARTS) is 1. The molecule has 0 aromatic carbocycles. The lowest BCUT2D eigenvalue weighted by atomic mass is 10.0. The minimum Gasteiger partial charge on any atom is -0.481 e. The van der Waals surface area contributed by atoms with Crippen molar-refractivity contribution in [3.63, 3.8) is 0 Å². The fourth-order valence-corrected chi connectivity index (χ4v) is 3.20. The Hall–Kier alpha value is -0.570. The van der Waals surface area contributed by atoms with Gasteiger partial charge >= 0.3 is 5.97 Å². The molecule has 0 aromatic rings. The van der Waals surface area contributed by atoms with Crippen molar-refractivity contribution in [1.82, 2.24) is 0 Å². The molecule has 0 saturated heterocycles. The van der Waals surface area contributed by atoms with E-state index in [0.29, 0.717) is 6.42 Å². The van der Waals surface area contributed by atoms with Crippen molar-refractivity contribution in [2.24, 2.45) is 0 Å². The highest BCUT2D eigenvalue weighted by atomic mass is 16.4. The van der Waals surface area contributed by atoms with Gasteiger partial charge < -0.3 is 10.2 Å².